The first-order valence-corrected chi connectivity index (χ1v) is 6.88. The molecular formula is C14H29NO. The van der Waals surface area contributed by atoms with Gasteiger partial charge in [0.1, 0.15) is 0 Å². The standard InChI is InChI=1S/C14H29NO/c1-12(2)14-7-6-13(3)8-10-15(14)9-5-11-16-4/h12-14H,5-11H2,1-4H3. The molecular weight excluding hydrogens is 198 g/mol. The van der Waals surface area contributed by atoms with Crippen LogP contribution in [0.4, 0.5) is 0 Å². The van der Waals surface area contributed by atoms with Gasteiger partial charge in [-0.25, -0.2) is 0 Å². The Hall–Kier alpha value is -0.0800. The predicted molar refractivity (Wildman–Crippen MR) is 69.7 cm³/mol. The van der Waals surface area contributed by atoms with Crippen LogP contribution >= 0.6 is 0 Å². The summed E-state index contributed by atoms with van der Waals surface area (Å²) < 4.78 is 5.15. The number of rotatable bonds is 5. The maximum Gasteiger partial charge on any atom is 0.0474 e. The molecule has 1 rings (SSSR count). The van der Waals surface area contributed by atoms with Crippen molar-refractivity contribution in [3.8, 4) is 0 Å². The third-order valence-electron chi connectivity index (χ3n) is 3.90. The molecule has 1 aliphatic heterocycles. The first-order valence-electron chi connectivity index (χ1n) is 6.88. The Balaban J connectivity index is 2.46. The van der Waals surface area contributed by atoms with E-state index in [1.807, 2.05) is 0 Å². The second kappa shape index (κ2) is 7.29. The Morgan fingerprint density at radius 1 is 1.25 bits per heavy atom. The number of hydrogen-bond donors (Lipinski definition) is 0. The van der Waals surface area contributed by atoms with E-state index >= 15 is 0 Å². The summed E-state index contributed by atoms with van der Waals surface area (Å²) in [6.45, 7) is 10.5. The maximum absolute atomic E-state index is 5.15. The van der Waals surface area contributed by atoms with Crippen LogP contribution in [0.1, 0.15) is 46.5 Å². The van der Waals surface area contributed by atoms with Crippen LogP contribution in [-0.4, -0.2) is 37.7 Å². The fourth-order valence-corrected chi connectivity index (χ4v) is 2.78. The molecule has 0 bridgehead atoms. The molecule has 1 heterocycles. The lowest BCUT2D eigenvalue weighted by Crippen LogP contribution is -2.39. The minimum absolute atomic E-state index is 0.785. The second-order valence-corrected chi connectivity index (χ2v) is 5.66. The summed E-state index contributed by atoms with van der Waals surface area (Å²) in [5, 5.41) is 0. The lowest BCUT2D eigenvalue weighted by molar-refractivity contribution is 0.128. The number of hydrogen-bond acceptors (Lipinski definition) is 2. The van der Waals surface area contributed by atoms with Crippen LogP contribution in [0.15, 0.2) is 0 Å². The molecule has 0 aromatic carbocycles. The van der Waals surface area contributed by atoms with E-state index in [0.29, 0.717) is 0 Å². The highest BCUT2D eigenvalue weighted by Gasteiger charge is 2.25. The van der Waals surface area contributed by atoms with Gasteiger partial charge < -0.3 is 9.64 Å². The monoisotopic (exact) mass is 227 g/mol. The highest BCUT2D eigenvalue weighted by Crippen LogP contribution is 2.25. The summed E-state index contributed by atoms with van der Waals surface area (Å²) in [6, 6.07) is 0.793. The van der Waals surface area contributed by atoms with Gasteiger partial charge in [-0.05, 0) is 44.1 Å². The molecule has 0 amide bonds. The fraction of sp³-hybridized carbons (Fsp3) is 1.00. The van der Waals surface area contributed by atoms with Crippen molar-refractivity contribution >= 4 is 0 Å². The van der Waals surface area contributed by atoms with Gasteiger partial charge in [-0.3, -0.25) is 0 Å². The molecule has 0 saturated carbocycles. The normalized spacial score (nSPS) is 28.3. The van der Waals surface area contributed by atoms with Crippen LogP contribution in [0.3, 0.4) is 0 Å². The van der Waals surface area contributed by atoms with Crippen LogP contribution in [0, 0.1) is 11.8 Å². The number of methoxy groups -OCH3 is 1. The molecule has 0 aromatic heterocycles. The van der Waals surface area contributed by atoms with Crippen molar-refractivity contribution in [3.05, 3.63) is 0 Å². The number of ether oxygens (including phenoxy) is 1. The van der Waals surface area contributed by atoms with Crippen LogP contribution in [-0.2, 0) is 4.74 Å². The molecule has 0 aliphatic carbocycles. The van der Waals surface area contributed by atoms with E-state index in [1.165, 1.54) is 38.8 Å². The van der Waals surface area contributed by atoms with E-state index in [0.717, 1.165) is 24.5 Å². The van der Waals surface area contributed by atoms with Crippen molar-refractivity contribution in [2.24, 2.45) is 11.8 Å². The van der Waals surface area contributed by atoms with Crippen molar-refractivity contribution in [1.82, 2.24) is 4.90 Å². The Labute approximate surface area is 101 Å². The molecule has 1 fully saturated rings. The third kappa shape index (κ3) is 4.42. The number of nitrogens with zero attached hydrogens (tertiary/aromatic N) is 1. The van der Waals surface area contributed by atoms with Crippen molar-refractivity contribution in [2.45, 2.75) is 52.5 Å². The largest absolute Gasteiger partial charge is 0.385 e. The zero-order chi connectivity index (χ0) is 12.0. The van der Waals surface area contributed by atoms with Crippen LogP contribution < -0.4 is 0 Å². The zero-order valence-corrected chi connectivity index (χ0v) is 11.5. The molecule has 2 unspecified atom stereocenters. The van der Waals surface area contributed by atoms with Gasteiger partial charge in [0.15, 0.2) is 0 Å². The summed E-state index contributed by atoms with van der Waals surface area (Å²) in [5.74, 6) is 1.70. The van der Waals surface area contributed by atoms with E-state index in [1.54, 1.807) is 7.11 Å². The molecule has 0 spiro atoms. The van der Waals surface area contributed by atoms with Crippen LogP contribution in [0.25, 0.3) is 0 Å². The fourth-order valence-electron chi connectivity index (χ4n) is 2.78. The molecule has 0 N–H and O–H groups in total. The van der Waals surface area contributed by atoms with E-state index in [-0.39, 0.29) is 0 Å². The number of likely N-dealkylation sites (tertiary alicyclic amines) is 1. The Bertz CT molecular complexity index is 182. The first-order chi connectivity index (χ1) is 7.65. The van der Waals surface area contributed by atoms with E-state index in [9.17, 15) is 0 Å². The van der Waals surface area contributed by atoms with Crippen LogP contribution in [0.5, 0.6) is 0 Å². The van der Waals surface area contributed by atoms with Crippen molar-refractivity contribution in [1.29, 1.82) is 0 Å². The molecule has 1 saturated heterocycles. The summed E-state index contributed by atoms with van der Waals surface area (Å²) >= 11 is 0. The van der Waals surface area contributed by atoms with E-state index in [2.05, 4.69) is 25.7 Å². The van der Waals surface area contributed by atoms with Gasteiger partial charge in [0.2, 0.25) is 0 Å². The molecule has 1 aliphatic rings. The van der Waals surface area contributed by atoms with E-state index < -0.39 is 0 Å². The maximum atomic E-state index is 5.15. The smallest absolute Gasteiger partial charge is 0.0474 e. The minimum atomic E-state index is 0.785. The first kappa shape index (κ1) is 14.0. The average Bonchev–Trinajstić information content (AvgIpc) is 2.41. The lowest BCUT2D eigenvalue weighted by Gasteiger charge is -2.32. The predicted octanol–water partition coefficient (Wildman–Crippen LogP) is 3.17. The van der Waals surface area contributed by atoms with Gasteiger partial charge in [0, 0.05) is 26.3 Å². The van der Waals surface area contributed by atoms with Gasteiger partial charge in [-0.1, -0.05) is 20.8 Å². The van der Waals surface area contributed by atoms with E-state index in [4.69, 9.17) is 4.74 Å². The molecule has 16 heavy (non-hydrogen) atoms. The Kier molecular flexibility index (Phi) is 6.37. The molecule has 2 nitrogen and oxygen atoms in total. The van der Waals surface area contributed by atoms with Crippen molar-refractivity contribution < 1.29 is 4.74 Å². The highest BCUT2D eigenvalue weighted by atomic mass is 16.5. The molecule has 96 valence electrons. The Morgan fingerprint density at radius 2 is 2.00 bits per heavy atom. The summed E-state index contributed by atoms with van der Waals surface area (Å²) in [6.07, 6.45) is 5.33. The van der Waals surface area contributed by atoms with Crippen molar-refractivity contribution in [2.75, 3.05) is 26.8 Å². The summed E-state index contributed by atoms with van der Waals surface area (Å²) in [7, 11) is 1.80. The zero-order valence-electron chi connectivity index (χ0n) is 11.5. The SMILES string of the molecule is COCCCN1CCC(C)CCC1C(C)C. The second-order valence-electron chi connectivity index (χ2n) is 5.66. The van der Waals surface area contributed by atoms with Gasteiger partial charge in [-0.15, -0.1) is 0 Å². The topological polar surface area (TPSA) is 12.5 Å². The molecule has 0 aromatic rings. The van der Waals surface area contributed by atoms with Gasteiger partial charge in [0.05, 0.1) is 0 Å². The summed E-state index contributed by atoms with van der Waals surface area (Å²) in [4.78, 5) is 2.70. The third-order valence-corrected chi connectivity index (χ3v) is 3.90. The van der Waals surface area contributed by atoms with Gasteiger partial charge in [-0.2, -0.15) is 0 Å². The Morgan fingerprint density at radius 3 is 2.62 bits per heavy atom. The van der Waals surface area contributed by atoms with Gasteiger partial charge >= 0.3 is 0 Å². The molecule has 0 radical (unpaired) electrons. The van der Waals surface area contributed by atoms with Gasteiger partial charge in [0.25, 0.3) is 0 Å². The molecule has 2 atom stereocenters. The summed E-state index contributed by atoms with van der Waals surface area (Å²) in [5.41, 5.74) is 0. The molecule has 2 heteroatoms. The lowest BCUT2D eigenvalue weighted by atomic mass is 9.95. The highest BCUT2D eigenvalue weighted by molar-refractivity contribution is 4.79. The van der Waals surface area contributed by atoms with Crippen molar-refractivity contribution in [3.63, 3.8) is 0 Å². The van der Waals surface area contributed by atoms with Crippen LogP contribution in [0.2, 0.25) is 0 Å². The quantitative estimate of drug-likeness (QED) is 0.669. The minimum Gasteiger partial charge on any atom is -0.385 e. The average molecular weight is 227 g/mol.